The van der Waals surface area contributed by atoms with Crippen molar-refractivity contribution in [2.45, 2.75) is 52.4 Å². The van der Waals surface area contributed by atoms with Crippen molar-refractivity contribution < 1.29 is 14.3 Å². The molecule has 4 heteroatoms. The van der Waals surface area contributed by atoms with Gasteiger partial charge in [-0.15, -0.1) is 0 Å². The molecule has 0 aliphatic heterocycles. The van der Waals surface area contributed by atoms with Crippen molar-refractivity contribution in [3.63, 3.8) is 0 Å². The Bertz CT molecular complexity index is 995. The Kier molecular flexibility index (Phi) is 6.11. The maximum absolute atomic E-state index is 10.9. The average Bonchev–Trinajstić information content (AvgIpc) is 2.67. The zero-order chi connectivity index (χ0) is 22.2. The van der Waals surface area contributed by atoms with Gasteiger partial charge in [0.05, 0.1) is 0 Å². The zero-order valence-electron chi connectivity index (χ0n) is 18.7. The van der Waals surface area contributed by atoms with Gasteiger partial charge < -0.3 is 0 Å². The predicted octanol–water partition coefficient (Wildman–Crippen LogP) is 6.13. The topological polar surface area (TPSA) is 49.7 Å². The van der Waals surface area contributed by atoms with E-state index in [-0.39, 0.29) is 10.8 Å². The Morgan fingerprint density at radius 2 is 1.23 bits per heavy atom. The third-order valence-electron chi connectivity index (χ3n) is 5.27. The van der Waals surface area contributed by atoms with E-state index in [1.165, 1.54) is 5.56 Å². The summed E-state index contributed by atoms with van der Waals surface area (Å²) in [5.41, 5.74) is 4.07. The molecule has 0 amide bonds. The van der Waals surface area contributed by atoms with Crippen molar-refractivity contribution in [2.24, 2.45) is 0 Å². The molecule has 3 aromatic carbocycles. The van der Waals surface area contributed by atoms with Gasteiger partial charge in [-0.3, -0.25) is 0 Å². The van der Waals surface area contributed by atoms with Crippen LogP contribution in [0.25, 0.3) is 11.1 Å². The third kappa shape index (κ3) is 5.10. The molecule has 0 radical (unpaired) electrons. The molecule has 0 fully saturated rings. The van der Waals surface area contributed by atoms with Gasteiger partial charge in [-0.2, -0.15) is 0 Å². The summed E-state index contributed by atoms with van der Waals surface area (Å²) in [7, 11) is -4.12. The van der Waals surface area contributed by atoms with Gasteiger partial charge in [0.25, 0.3) is 0 Å². The first kappa shape index (κ1) is 22.5. The summed E-state index contributed by atoms with van der Waals surface area (Å²) in [6, 6.07) is 23.3. The Labute approximate surface area is 181 Å². The van der Waals surface area contributed by atoms with Gasteiger partial charge in [0, 0.05) is 0 Å². The first-order valence-corrected chi connectivity index (χ1v) is 12.1. The summed E-state index contributed by atoms with van der Waals surface area (Å²) >= 11 is 0. The quantitative estimate of drug-likeness (QED) is 0.495. The van der Waals surface area contributed by atoms with E-state index in [1.54, 1.807) is 12.1 Å². The van der Waals surface area contributed by atoms with E-state index in [2.05, 4.69) is 47.6 Å². The molecule has 0 atom stereocenters. The van der Waals surface area contributed by atoms with Crippen LogP contribution < -0.4 is 9.83 Å². The molecule has 0 heterocycles. The predicted molar refractivity (Wildman–Crippen MR) is 129 cm³/mol. The molecule has 2 N–H and O–H groups in total. The van der Waals surface area contributed by atoms with Gasteiger partial charge in [0.1, 0.15) is 0 Å². The van der Waals surface area contributed by atoms with Crippen LogP contribution in [-0.4, -0.2) is 9.79 Å². The summed E-state index contributed by atoms with van der Waals surface area (Å²) in [6.45, 7) is 12.8. The molecular weight excluding hydrogens is 391 g/mol. The van der Waals surface area contributed by atoms with Crippen LogP contribution in [0.15, 0.2) is 72.8 Å². The Morgan fingerprint density at radius 1 is 0.667 bits per heavy atom. The zero-order valence-corrected chi connectivity index (χ0v) is 19.7. The standard InChI is InChI=1S/C26H33O3P/c1-25(2,3)21-14-17-24(23(18-21)26(4,5)6)29-30(27,28)22-15-12-20(13-16-22)19-10-8-7-9-11-19/h7-18,27-28,30H,1-6H3. The second-order valence-corrected chi connectivity index (χ2v) is 11.9. The van der Waals surface area contributed by atoms with Crippen LogP contribution >= 0.6 is 7.94 Å². The van der Waals surface area contributed by atoms with Crippen molar-refractivity contribution in [3.8, 4) is 16.9 Å². The van der Waals surface area contributed by atoms with Crippen molar-refractivity contribution in [2.75, 3.05) is 0 Å². The Hall–Kier alpha value is -2.19. The van der Waals surface area contributed by atoms with Crippen LogP contribution in [0.3, 0.4) is 0 Å². The monoisotopic (exact) mass is 424 g/mol. The van der Waals surface area contributed by atoms with E-state index >= 15 is 0 Å². The summed E-state index contributed by atoms with van der Waals surface area (Å²) in [5.74, 6) is 0.527. The normalized spacial score (nSPS) is 13.2. The van der Waals surface area contributed by atoms with Gasteiger partial charge >= 0.3 is 181 Å². The Morgan fingerprint density at radius 3 is 1.77 bits per heavy atom. The van der Waals surface area contributed by atoms with Crippen LogP contribution in [0.5, 0.6) is 5.75 Å². The summed E-state index contributed by atoms with van der Waals surface area (Å²) in [4.78, 5) is 21.8. The summed E-state index contributed by atoms with van der Waals surface area (Å²) in [5, 5.41) is 0.418. The van der Waals surface area contributed by atoms with Crippen LogP contribution in [0.4, 0.5) is 0 Å². The number of hydrogen-bond acceptors (Lipinski definition) is 3. The molecule has 3 aromatic rings. The fraction of sp³-hybridized carbons (Fsp3) is 0.308. The first-order valence-electron chi connectivity index (χ1n) is 10.3. The summed E-state index contributed by atoms with van der Waals surface area (Å²) in [6.07, 6.45) is 0. The van der Waals surface area contributed by atoms with E-state index in [9.17, 15) is 9.79 Å². The molecule has 3 rings (SSSR count). The minimum atomic E-state index is -4.12. The van der Waals surface area contributed by atoms with E-state index in [4.69, 9.17) is 4.52 Å². The molecule has 0 bridgehead atoms. The van der Waals surface area contributed by atoms with Crippen LogP contribution in [0.1, 0.15) is 52.7 Å². The van der Waals surface area contributed by atoms with Gasteiger partial charge in [-0.1, -0.05) is 0 Å². The fourth-order valence-electron chi connectivity index (χ4n) is 3.39. The third-order valence-corrected chi connectivity index (χ3v) is 6.86. The van der Waals surface area contributed by atoms with Crippen LogP contribution in [0.2, 0.25) is 0 Å². The van der Waals surface area contributed by atoms with Crippen LogP contribution in [-0.2, 0) is 10.8 Å². The first-order chi connectivity index (χ1) is 13.9. The van der Waals surface area contributed by atoms with Gasteiger partial charge in [0.2, 0.25) is 0 Å². The second kappa shape index (κ2) is 8.15. The Balaban J connectivity index is 1.93. The number of hydrogen-bond donors (Lipinski definition) is 2. The molecule has 0 saturated carbocycles. The molecule has 0 spiro atoms. The van der Waals surface area contributed by atoms with Gasteiger partial charge in [-0.05, 0) is 0 Å². The molecule has 3 nitrogen and oxygen atoms in total. The van der Waals surface area contributed by atoms with Crippen molar-refractivity contribution >= 4 is 13.2 Å². The maximum atomic E-state index is 10.9. The van der Waals surface area contributed by atoms with E-state index in [0.29, 0.717) is 11.1 Å². The molecule has 0 unspecified atom stereocenters. The minimum absolute atomic E-state index is 0.00124. The van der Waals surface area contributed by atoms with Crippen molar-refractivity contribution in [1.82, 2.24) is 0 Å². The van der Waals surface area contributed by atoms with E-state index < -0.39 is 7.94 Å². The number of benzene rings is 3. The molecule has 0 aromatic heterocycles. The number of rotatable bonds is 4. The second-order valence-electron chi connectivity index (χ2n) is 9.86. The van der Waals surface area contributed by atoms with Crippen LogP contribution in [0, 0.1) is 0 Å². The summed E-state index contributed by atoms with van der Waals surface area (Å²) < 4.78 is 5.91. The van der Waals surface area contributed by atoms with E-state index in [1.807, 2.05) is 54.6 Å². The molecule has 0 saturated heterocycles. The molecule has 0 aliphatic carbocycles. The van der Waals surface area contributed by atoms with Gasteiger partial charge in [0.15, 0.2) is 0 Å². The molecule has 160 valence electrons. The van der Waals surface area contributed by atoms with E-state index in [0.717, 1.165) is 16.7 Å². The van der Waals surface area contributed by atoms with Crippen molar-refractivity contribution in [3.05, 3.63) is 83.9 Å². The fourth-order valence-corrected chi connectivity index (χ4v) is 4.60. The molecular formula is C26H33O3P. The van der Waals surface area contributed by atoms with Crippen molar-refractivity contribution in [1.29, 1.82) is 0 Å². The SMILES string of the molecule is CC(C)(C)c1ccc(O[PH](O)(O)c2ccc(-c3ccccc3)cc2)c(C(C)(C)C)c1. The molecule has 30 heavy (non-hydrogen) atoms. The van der Waals surface area contributed by atoms with Gasteiger partial charge in [-0.25, -0.2) is 0 Å². The molecule has 0 aliphatic rings. The average molecular weight is 425 g/mol.